The normalized spacial score (nSPS) is 10.9. The van der Waals surface area contributed by atoms with Crippen molar-refractivity contribution in [3.63, 3.8) is 0 Å². The third-order valence-electron chi connectivity index (χ3n) is 7.21. The predicted octanol–water partition coefficient (Wildman–Crippen LogP) is 9.01. The molecule has 0 aliphatic carbocycles. The summed E-state index contributed by atoms with van der Waals surface area (Å²) in [7, 11) is 2.11. The molecule has 1 nitrogen and oxygen atoms in total. The van der Waals surface area contributed by atoms with Crippen LogP contribution in [0.15, 0.2) is 146 Å². The average Bonchev–Trinajstić information content (AvgIpc) is 3.00. The van der Waals surface area contributed by atoms with E-state index >= 15 is 0 Å². The molecule has 1 heteroatoms. The van der Waals surface area contributed by atoms with Crippen LogP contribution in [0, 0.1) is 0 Å². The zero-order valence-corrected chi connectivity index (χ0v) is 22.9. The highest BCUT2D eigenvalue weighted by Crippen LogP contribution is 2.35. The number of benzene rings is 5. The van der Waals surface area contributed by atoms with Crippen LogP contribution in [0.25, 0.3) is 0 Å². The monoisotopic (exact) mass is 497 g/mol. The molecule has 0 saturated carbocycles. The molecule has 38 heavy (non-hydrogen) atoms. The molecule has 5 aromatic carbocycles. The molecule has 0 bridgehead atoms. The van der Waals surface area contributed by atoms with Crippen molar-refractivity contribution in [2.75, 3.05) is 20.1 Å². The Morgan fingerprint density at radius 3 is 0.763 bits per heavy atom. The largest absolute Gasteiger partial charge is 0.307 e. The first kappa shape index (κ1) is 27.1. The quantitative estimate of drug-likeness (QED) is 0.193. The van der Waals surface area contributed by atoms with E-state index in [-0.39, 0.29) is 11.8 Å². The van der Waals surface area contributed by atoms with Gasteiger partial charge in [-0.15, -0.1) is 0 Å². The van der Waals surface area contributed by atoms with Crippen LogP contribution in [0.1, 0.15) is 59.1 Å². The van der Waals surface area contributed by atoms with Gasteiger partial charge in [0.2, 0.25) is 0 Å². The van der Waals surface area contributed by atoms with Crippen molar-refractivity contribution < 1.29 is 0 Å². The van der Waals surface area contributed by atoms with Crippen LogP contribution in [0.2, 0.25) is 0 Å². The van der Waals surface area contributed by atoms with Gasteiger partial charge in [0, 0.05) is 11.8 Å². The topological polar surface area (TPSA) is 3.24 Å². The molecule has 0 aromatic heterocycles. The molecule has 0 aliphatic heterocycles. The minimum Gasteiger partial charge on any atom is -0.307 e. The Morgan fingerprint density at radius 2 is 0.579 bits per heavy atom. The lowest BCUT2D eigenvalue weighted by Gasteiger charge is -2.22. The lowest BCUT2D eigenvalue weighted by atomic mass is 9.82. The van der Waals surface area contributed by atoms with Gasteiger partial charge < -0.3 is 4.90 Å². The molecule has 192 valence electrons. The van der Waals surface area contributed by atoms with Gasteiger partial charge >= 0.3 is 0 Å². The Morgan fingerprint density at radius 1 is 0.368 bits per heavy atom. The van der Waals surface area contributed by atoms with Gasteiger partial charge in [-0.1, -0.05) is 159 Å². The van der Waals surface area contributed by atoms with Gasteiger partial charge in [-0.25, -0.2) is 0 Å². The molecular formula is C37H39N. The van der Waals surface area contributed by atoms with Gasteiger partial charge in [-0.2, -0.15) is 0 Å². The van der Waals surface area contributed by atoms with Crippen LogP contribution >= 0.6 is 0 Å². The van der Waals surface area contributed by atoms with E-state index in [1.807, 2.05) is 0 Å². The first-order chi connectivity index (χ1) is 18.7. The van der Waals surface area contributed by atoms with Gasteiger partial charge in [0.1, 0.15) is 0 Å². The molecule has 0 amide bonds. The summed E-state index contributed by atoms with van der Waals surface area (Å²) in [5, 5.41) is 0. The number of rotatable bonds is 8. The van der Waals surface area contributed by atoms with E-state index in [0.717, 1.165) is 13.1 Å². The van der Waals surface area contributed by atoms with E-state index in [1.165, 1.54) is 33.4 Å². The number of hydrogen-bond donors (Lipinski definition) is 0. The predicted molar refractivity (Wildman–Crippen MR) is 163 cm³/mol. The summed E-state index contributed by atoms with van der Waals surface area (Å²) in [4.78, 5) is 2.25. The Bertz CT molecular complexity index is 1130. The van der Waals surface area contributed by atoms with E-state index in [4.69, 9.17) is 0 Å². The Labute approximate surface area is 229 Å². The standard InChI is InChI=1S/C32H26.C5H13N/c1-5-13-25(14-6-1)31(26-15-7-2-8-16-26)29-21-23-30(24-22-29)32(27-17-9-3-10-18-27)28-19-11-4-12-20-28;1-4-6(3)5-2/h1-24,31-32H;4-5H2,1-3H3. The maximum absolute atomic E-state index is 2.30. The second-order valence-electron chi connectivity index (χ2n) is 9.66. The zero-order chi connectivity index (χ0) is 26.6. The summed E-state index contributed by atoms with van der Waals surface area (Å²) in [6.07, 6.45) is 0. The lowest BCUT2D eigenvalue weighted by Crippen LogP contribution is -2.15. The summed E-state index contributed by atoms with van der Waals surface area (Å²) >= 11 is 0. The summed E-state index contributed by atoms with van der Waals surface area (Å²) in [6.45, 7) is 6.64. The second-order valence-corrected chi connectivity index (χ2v) is 9.66. The highest BCUT2D eigenvalue weighted by molar-refractivity contribution is 5.47. The Hall–Kier alpha value is -3.94. The fourth-order valence-corrected chi connectivity index (χ4v) is 4.84. The van der Waals surface area contributed by atoms with Crippen LogP contribution in [0.4, 0.5) is 0 Å². The van der Waals surface area contributed by atoms with E-state index in [2.05, 4.69) is 171 Å². The summed E-state index contributed by atoms with van der Waals surface area (Å²) < 4.78 is 0. The average molecular weight is 498 g/mol. The van der Waals surface area contributed by atoms with Crippen LogP contribution in [0.5, 0.6) is 0 Å². The lowest BCUT2D eigenvalue weighted by molar-refractivity contribution is 0.373. The van der Waals surface area contributed by atoms with Crippen molar-refractivity contribution in [1.82, 2.24) is 4.90 Å². The molecule has 0 N–H and O–H groups in total. The summed E-state index contributed by atoms with van der Waals surface area (Å²) in [6, 6.07) is 52.3. The minimum atomic E-state index is 0.221. The number of hydrogen-bond acceptors (Lipinski definition) is 1. The van der Waals surface area contributed by atoms with Crippen molar-refractivity contribution in [2.45, 2.75) is 25.7 Å². The van der Waals surface area contributed by atoms with E-state index in [0.29, 0.717) is 0 Å². The first-order valence-corrected chi connectivity index (χ1v) is 13.7. The van der Waals surface area contributed by atoms with E-state index in [1.54, 1.807) is 0 Å². The fraction of sp³-hybridized carbons (Fsp3) is 0.189. The molecule has 0 saturated heterocycles. The molecule has 0 atom stereocenters. The zero-order valence-electron chi connectivity index (χ0n) is 22.9. The third kappa shape index (κ3) is 7.09. The highest BCUT2D eigenvalue weighted by atomic mass is 15.1. The van der Waals surface area contributed by atoms with Crippen molar-refractivity contribution >= 4 is 0 Å². The molecule has 5 aromatic rings. The number of nitrogens with zero attached hydrogens (tertiary/aromatic N) is 1. The SMILES string of the molecule is CCN(C)CC.c1ccc(C(c2ccccc2)c2ccc(C(c3ccccc3)c3ccccc3)cc2)cc1. The maximum atomic E-state index is 2.30. The fourth-order valence-electron chi connectivity index (χ4n) is 4.84. The van der Waals surface area contributed by atoms with E-state index in [9.17, 15) is 0 Å². The molecule has 0 aliphatic rings. The minimum absolute atomic E-state index is 0.221. The molecule has 5 rings (SSSR count). The van der Waals surface area contributed by atoms with Crippen LogP contribution in [0.3, 0.4) is 0 Å². The van der Waals surface area contributed by atoms with Gasteiger partial charge in [-0.05, 0) is 53.5 Å². The van der Waals surface area contributed by atoms with Crippen molar-refractivity contribution in [3.8, 4) is 0 Å². The Balaban J connectivity index is 0.000000505. The van der Waals surface area contributed by atoms with Gasteiger partial charge in [0.05, 0.1) is 0 Å². The molecular weight excluding hydrogens is 458 g/mol. The smallest absolute Gasteiger partial charge is 0.0339 e. The maximum Gasteiger partial charge on any atom is 0.0339 e. The van der Waals surface area contributed by atoms with E-state index < -0.39 is 0 Å². The van der Waals surface area contributed by atoms with Crippen molar-refractivity contribution in [2.24, 2.45) is 0 Å². The molecule has 0 unspecified atom stereocenters. The van der Waals surface area contributed by atoms with Crippen LogP contribution in [-0.2, 0) is 0 Å². The van der Waals surface area contributed by atoms with Crippen LogP contribution in [-0.4, -0.2) is 25.0 Å². The van der Waals surface area contributed by atoms with Gasteiger partial charge in [0.25, 0.3) is 0 Å². The Kier molecular flexibility index (Phi) is 10.1. The third-order valence-corrected chi connectivity index (χ3v) is 7.21. The van der Waals surface area contributed by atoms with Gasteiger partial charge in [0.15, 0.2) is 0 Å². The molecule has 0 fully saturated rings. The molecule has 0 radical (unpaired) electrons. The summed E-state index contributed by atoms with van der Waals surface area (Å²) in [5.74, 6) is 0.441. The van der Waals surface area contributed by atoms with Crippen LogP contribution < -0.4 is 0 Å². The van der Waals surface area contributed by atoms with Crippen molar-refractivity contribution in [3.05, 3.63) is 179 Å². The van der Waals surface area contributed by atoms with Crippen molar-refractivity contribution in [1.29, 1.82) is 0 Å². The molecule has 0 heterocycles. The summed E-state index contributed by atoms with van der Waals surface area (Å²) in [5.41, 5.74) is 7.88. The molecule has 0 spiro atoms. The second kappa shape index (κ2) is 14.1. The highest BCUT2D eigenvalue weighted by Gasteiger charge is 2.19. The van der Waals surface area contributed by atoms with Gasteiger partial charge in [-0.3, -0.25) is 0 Å². The first-order valence-electron chi connectivity index (χ1n) is 13.7.